The van der Waals surface area contributed by atoms with Gasteiger partial charge in [0.2, 0.25) is 0 Å². The van der Waals surface area contributed by atoms with Crippen LogP contribution in [-0.2, 0) is 9.84 Å². The number of hydrogen-bond acceptors (Lipinski definition) is 4. The zero-order valence-corrected chi connectivity index (χ0v) is 7.82. The summed E-state index contributed by atoms with van der Waals surface area (Å²) in [5, 5.41) is 2.98. The van der Waals surface area contributed by atoms with Gasteiger partial charge >= 0.3 is 0 Å². The Labute approximate surface area is 68.1 Å². The van der Waals surface area contributed by atoms with Gasteiger partial charge in [0.1, 0.15) is 9.84 Å². The van der Waals surface area contributed by atoms with Crippen LogP contribution >= 0.6 is 0 Å². The topological polar surface area (TPSA) is 72.2 Å². The van der Waals surface area contributed by atoms with Gasteiger partial charge in [0.05, 0.1) is 5.75 Å². The molecular weight excluding hydrogens is 164 g/mol. The Balaban J connectivity index is 3.61. The van der Waals surface area contributed by atoms with E-state index in [4.69, 9.17) is 5.73 Å². The molecule has 0 saturated heterocycles. The van der Waals surface area contributed by atoms with Crippen molar-refractivity contribution in [3.05, 3.63) is 0 Å². The molecule has 0 aliphatic rings. The van der Waals surface area contributed by atoms with Crippen LogP contribution in [0.4, 0.5) is 0 Å². The molecule has 0 saturated carbocycles. The summed E-state index contributed by atoms with van der Waals surface area (Å²) in [6.45, 7) is 3.03. The maximum atomic E-state index is 10.7. The third kappa shape index (κ3) is 7.77. The number of nitrogens with one attached hydrogen (secondary N) is 1. The van der Waals surface area contributed by atoms with Crippen LogP contribution in [0.5, 0.6) is 0 Å². The average Bonchev–Trinajstić information content (AvgIpc) is 1.79. The first-order chi connectivity index (χ1) is 4.95. The summed E-state index contributed by atoms with van der Waals surface area (Å²) in [6, 6.07) is -0.00597. The van der Waals surface area contributed by atoms with Crippen molar-refractivity contribution in [1.82, 2.24) is 5.32 Å². The van der Waals surface area contributed by atoms with Gasteiger partial charge in [-0.3, -0.25) is 0 Å². The molecule has 0 heterocycles. The lowest BCUT2D eigenvalue weighted by atomic mass is 10.4. The minimum atomic E-state index is -2.86. The van der Waals surface area contributed by atoms with Crippen molar-refractivity contribution in [3.8, 4) is 0 Å². The molecule has 0 bridgehead atoms. The third-order valence-electron chi connectivity index (χ3n) is 1.19. The van der Waals surface area contributed by atoms with Crippen LogP contribution < -0.4 is 11.1 Å². The highest BCUT2D eigenvalue weighted by Gasteiger charge is 2.08. The van der Waals surface area contributed by atoms with E-state index in [1.54, 1.807) is 0 Å². The van der Waals surface area contributed by atoms with Gasteiger partial charge in [-0.05, 0) is 6.92 Å². The molecule has 1 atom stereocenters. The predicted octanol–water partition coefficient (Wildman–Crippen LogP) is -1.03. The fourth-order valence-electron chi connectivity index (χ4n) is 0.843. The van der Waals surface area contributed by atoms with Crippen molar-refractivity contribution in [2.75, 3.05) is 25.1 Å². The molecule has 0 spiro atoms. The number of sulfone groups is 1. The molecule has 11 heavy (non-hydrogen) atoms. The summed E-state index contributed by atoms with van der Waals surface area (Å²) in [4.78, 5) is 0. The Morgan fingerprint density at radius 2 is 2.09 bits per heavy atom. The maximum Gasteiger partial charge on any atom is 0.148 e. The summed E-state index contributed by atoms with van der Waals surface area (Å²) in [7, 11) is -2.86. The highest BCUT2D eigenvalue weighted by atomic mass is 32.2. The van der Waals surface area contributed by atoms with E-state index >= 15 is 0 Å². The van der Waals surface area contributed by atoms with Gasteiger partial charge in [0.15, 0.2) is 0 Å². The van der Waals surface area contributed by atoms with Crippen molar-refractivity contribution in [3.63, 3.8) is 0 Å². The number of rotatable bonds is 5. The zero-order valence-electron chi connectivity index (χ0n) is 7.00. The van der Waals surface area contributed by atoms with Crippen LogP contribution in [0.3, 0.4) is 0 Å². The fourth-order valence-corrected chi connectivity index (χ4v) is 1.87. The zero-order chi connectivity index (χ0) is 8.91. The smallest absolute Gasteiger partial charge is 0.148 e. The summed E-state index contributed by atoms with van der Waals surface area (Å²) in [6.07, 6.45) is 1.23. The number of nitrogens with two attached hydrogens (primary N) is 1. The molecule has 3 N–H and O–H groups in total. The van der Waals surface area contributed by atoms with Gasteiger partial charge in [0, 0.05) is 25.4 Å². The number of hydrogen-bond donors (Lipinski definition) is 2. The van der Waals surface area contributed by atoms with Gasteiger partial charge in [0.25, 0.3) is 0 Å². The Morgan fingerprint density at radius 3 is 2.45 bits per heavy atom. The highest BCUT2D eigenvalue weighted by molar-refractivity contribution is 7.90. The van der Waals surface area contributed by atoms with E-state index in [1.165, 1.54) is 6.26 Å². The molecule has 68 valence electrons. The molecule has 4 nitrogen and oxygen atoms in total. The average molecular weight is 180 g/mol. The second-order valence-electron chi connectivity index (χ2n) is 2.74. The lowest BCUT2D eigenvalue weighted by Crippen LogP contribution is -2.35. The largest absolute Gasteiger partial charge is 0.329 e. The van der Waals surface area contributed by atoms with Gasteiger partial charge in [-0.25, -0.2) is 8.42 Å². The van der Waals surface area contributed by atoms with Gasteiger partial charge in [-0.1, -0.05) is 0 Å². The third-order valence-corrected chi connectivity index (χ3v) is 2.30. The Morgan fingerprint density at radius 1 is 1.55 bits per heavy atom. The van der Waals surface area contributed by atoms with Crippen LogP contribution in [0.15, 0.2) is 0 Å². The van der Waals surface area contributed by atoms with Crippen LogP contribution in [0.2, 0.25) is 0 Å². The molecule has 0 amide bonds. The fraction of sp³-hybridized carbons (Fsp3) is 1.00. The van der Waals surface area contributed by atoms with Crippen LogP contribution in [0.1, 0.15) is 6.92 Å². The maximum absolute atomic E-state index is 10.7. The standard InChI is InChI=1S/C6H16N2O2S/c1-6(8-4-3-7)5-11(2,9)10/h6,8H,3-5,7H2,1-2H3. The molecule has 0 aliphatic carbocycles. The van der Waals surface area contributed by atoms with Crippen LogP contribution in [0, 0.1) is 0 Å². The van der Waals surface area contributed by atoms with E-state index in [0.29, 0.717) is 13.1 Å². The molecule has 5 heteroatoms. The van der Waals surface area contributed by atoms with E-state index < -0.39 is 9.84 Å². The summed E-state index contributed by atoms with van der Waals surface area (Å²) < 4.78 is 21.5. The summed E-state index contributed by atoms with van der Waals surface area (Å²) in [5.74, 6) is 0.174. The van der Waals surface area contributed by atoms with Gasteiger partial charge in [-0.15, -0.1) is 0 Å². The molecule has 0 radical (unpaired) electrons. The minimum Gasteiger partial charge on any atom is -0.329 e. The Bertz CT molecular complexity index is 189. The van der Waals surface area contributed by atoms with Crippen molar-refractivity contribution >= 4 is 9.84 Å². The molecule has 1 unspecified atom stereocenters. The molecule has 0 aliphatic heterocycles. The van der Waals surface area contributed by atoms with E-state index in [9.17, 15) is 8.42 Å². The SMILES string of the molecule is CC(CS(C)(=O)=O)NCCN. The first-order valence-electron chi connectivity index (χ1n) is 3.57. The lowest BCUT2D eigenvalue weighted by molar-refractivity contribution is 0.564. The molecule has 0 fully saturated rings. The summed E-state index contributed by atoms with van der Waals surface area (Å²) in [5.41, 5.74) is 5.23. The van der Waals surface area contributed by atoms with Gasteiger partial charge in [-0.2, -0.15) is 0 Å². The van der Waals surface area contributed by atoms with Gasteiger partial charge < -0.3 is 11.1 Å². The monoisotopic (exact) mass is 180 g/mol. The van der Waals surface area contributed by atoms with E-state index in [-0.39, 0.29) is 11.8 Å². The lowest BCUT2D eigenvalue weighted by Gasteiger charge is -2.10. The molecule has 0 rings (SSSR count). The molecular formula is C6H16N2O2S. The highest BCUT2D eigenvalue weighted by Crippen LogP contribution is 1.88. The summed E-state index contributed by atoms with van der Waals surface area (Å²) >= 11 is 0. The second-order valence-corrected chi connectivity index (χ2v) is 4.92. The Hall–Kier alpha value is -0.130. The van der Waals surface area contributed by atoms with E-state index in [2.05, 4.69) is 5.32 Å². The van der Waals surface area contributed by atoms with Crippen molar-refractivity contribution in [1.29, 1.82) is 0 Å². The Kier molecular flexibility index (Phi) is 4.63. The molecule has 0 aromatic carbocycles. The first kappa shape index (κ1) is 10.9. The van der Waals surface area contributed by atoms with Crippen LogP contribution in [0.25, 0.3) is 0 Å². The quantitative estimate of drug-likeness (QED) is 0.567. The van der Waals surface area contributed by atoms with Crippen molar-refractivity contribution in [2.45, 2.75) is 13.0 Å². The van der Waals surface area contributed by atoms with Crippen LogP contribution in [-0.4, -0.2) is 39.6 Å². The first-order valence-corrected chi connectivity index (χ1v) is 5.63. The van der Waals surface area contributed by atoms with E-state index in [0.717, 1.165) is 0 Å². The molecule has 0 aromatic rings. The van der Waals surface area contributed by atoms with E-state index in [1.807, 2.05) is 6.92 Å². The van der Waals surface area contributed by atoms with Crippen molar-refractivity contribution in [2.24, 2.45) is 5.73 Å². The predicted molar refractivity (Wildman–Crippen MR) is 46.2 cm³/mol. The minimum absolute atomic E-state index is 0.00597. The molecule has 0 aromatic heterocycles. The van der Waals surface area contributed by atoms with Crippen molar-refractivity contribution < 1.29 is 8.42 Å². The second kappa shape index (κ2) is 4.69. The normalized spacial score (nSPS) is 14.8.